The number of carbonyl (C=O) groups excluding carboxylic acids is 1. The maximum absolute atomic E-state index is 14.2. The molecule has 154 valence electrons. The summed E-state index contributed by atoms with van der Waals surface area (Å²) >= 11 is 0. The molecule has 1 amide bonds. The minimum Gasteiger partial charge on any atom is -0.493 e. The first kappa shape index (κ1) is 19.7. The molecule has 2 aromatic carbocycles. The molecule has 1 N–H and O–H groups in total. The van der Waals surface area contributed by atoms with Gasteiger partial charge in [-0.3, -0.25) is 0 Å². The molecular formula is C23H26FNO4. The molecule has 0 radical (unpaired) electrons. The fraction of sp³-hybridized carbons (Fsp3) is 0.435. The summed E-state index contributed by atoms with van der Waals surface area (Å²) in [5.41, 5.74) is 0.151. The Bertz CT molecular complexity index is 858. The van der Waals surface area contributed by atoms with E-state index in [0.29, 0.717) is 18.4 Å². The molecule has 2 atom stereocenters. The van der Waals surface area contributed by atoms with E-state index in [1.54, 1.807) is 17.0 Å². The summed E-state index contributed by atoms with van der Waals surface area (Å²) in [6.07, 6.45) is 2.90. The standard InChI is InChI=1S/C23H26FNO4/c1-28-21-19(11-6-12-20(21)24)23(27)13-17-9-5-10-18(14-23)25(17)22(26)29-15-16-7-3-2-4-8-16/h2-4,6-8,11-12,17-18,27H,5,9-10,13-15H2,1H3. The Hall–Kier alpha value is -2.60. The molecule has 2 fully saturated rings. The molecule has 5 nitrogen and oxygen atoms in total. The van der Waals surface area contributed by atoms with Crippen LogP contribution in [0.4, 0.5) is 9.18 Å². The summed E-state index contributed by atoms with van der Waals surface area (Å²) in [5.74, 6) is -0.415. The quantitative estimate of drug-likeness (QED) is 0.829. The van der Waals surface area contributed by atoms with Gasteiger partial charge in [0.15, 0.2) is 11.6 Å². The fourth-order valence-corrected chi connectivity index (χ4v) is 4.82. The number of ether oxygens (including phenoxy) is 2. The van der Waals surface area contributed by atoms with Crippen molar-refractivity contribution in [1.82, 2.24) is 4.90 Å². The number of para-hydroxylation sites is 1. The number of benzene rings is 2. The molecule has 2 aromatic rings. The molecule has 2 saturated heterocycles. The molecule has 0 saturated carbocycles. The van der Waals surface area contributed by atoms with Gasteiger partial charge in [0.2, 0.25) is 0 Å². The van der Waals surface area contributed by atoms with E-state index in [-0.39, 0.29) is 30.5 Å². The van der Waals surface area contributed by atoms with Crippen LogP contribution in [0.2, 0.25) is 0 Å². The number of piperidine rings is 2. The molecule has 0 aliphatic carbocycles. The van der Waals surface area contributed by atoms with E-state index < -0.39 is 11.4 Å². The minimum absolute atomic E-state index is 0.0770. The van der Waals surface area contributed by atoms with Gasteiger partial charge in [-0.1, -0.05) is 42.5 Å². The van der Waals surface area contributed by atoms with E-state index in [2.05, 4.69) is 0 Å². The number of amides is 1. The molecule has 2 heterocycles. The molecule has 6 heteroatoms. The van der Waals surface area contributed by atoms with Crippen molar-refractivity contribution in [2.45, 2.75) is 56.4 Å². The Morgan fingerprint density at radius 2 is 1.83 bits per heavy atom. The van der Waals surface area contributed by atoms with E-state index in [0.717, 1.165) is 24.8 Å². The number of carbonyl (C=O) groups is 1. The van der Waals surface area contributed by atoms with Crippen molar-refractivity contribution in [2.24, 2.45) is 0 Å². The summed E-state index contributed by atoms with van der Waals surface area (Å²) in [6.45, 7) is 0.220. The SMILES string of the molecule is COc1c(F)cccc1C1(O)CC2CCCC(C1)N2C(=O)OCc1ccccc1. The van der Waals surface area contributed by atoms with Crippen molar-refractivity contribution in [3.63, 3.8) is 0 Å². The molecule has 2 aliphatic heterocycles. The topological polar surface area (TPSA) is 59.0 Å². The average Bonchev–Trinajstić information content (AvgIpc) is 2.72. The number of nitrogens with zero attached hydrogens (tertiary/aromatic N) is 1. The number of fused-ring (bicyclic) bond motifs is 2. The highest BCUT2D eigenvalue weighted by molar-refractivity contribution is 5.69. The number of aliphatic hydroxyl groups is 1. The zero-order chi connectivity index (χ0) is 20.4. The van der Waals surface area contributed by atoms with Gasteiger partial charge in [0.25, 0.3) is 0 Å². The van der Waals surface area contributed by atoms with Crippen molar-refractivity contribution < 1.29 is 23.8 Å². The zero-order valence-electron chi connectivity index (χ0n) is 16.5. The maximum Gasteiger partial charge on any atom is 0.410 e. The van der Waals surface area contributed by atoms with Crippen LogP contribution in [0.15, 0.2) is 48.5 Å². The van der Waals surface area contributed by atoms with Gasteiger partial charge in [-0.15, -0.1) is 0 Å². The van der Waals surface area contributed by atoms with Crippen LogP contribution in [0.5, 0.6) is 5.75 Å². The van der Waals surface area contributed by atoms with Crippen LogP contribution in [-0.2, 0) is 16.9 Å². The van der Waals surface area contributed by atoms with Crippen molar-refractivity contribution in [3.05, 3.63) is 65.5 Å². The third-order valence-electron chi connectivity index (χ3n) is 6.10. The third kappa shape index (κ3) is 3.81. The van der Waals surface area contributed by atoms with Crippen LogP contribution in [-0.4, -0.2) is 35.3 Å². The van der Waals surface area contributed by atoms with Gasteiger partial charge >= 0.3 is 6.09 Å². The van der Waals surface area contributed by atoms with Gasteiger partial charge in [-0.2, -0.15) is 0 Å². The van der Waals surface area contributed by atoms with Crippen LogP contribution in [0.3, 0.4) is 0 Å². The van der Waals surface area contributed by atoms with Gasteiger partial charge in [0.1, 0.15) is 6.61 Å². The van der Waals surface area contributed by atoms with Crippen molar-refractivity contribution >= 4 is 6.09 Å². The summed E-state index contributed by atoms with van der Waals surface area (Å²) in [7, 11) is 1.40. The molecule has 2 unspecified atom stereocenters. The number of hydrogen-bond acceptors (Lipinski definition) is 4. The maximum atomic E-state index is 14.2. The van der Waals surface area contributed by atoms with Crippen LogP contribution in [0.25, 0.3) is 0 Å². The minimum atomic E-state index is -1.24. The van der Waals surface area contributed by atoms with Gasteiger partial charge in [-0.25, -0.2) is 9.18 Å². The first-order chi connectivity index (χ1) is 14.0. The van der Waals surface area contributed by atoms with Gasteiger partial charge in [-0.05, 0) is 30.9 Å². The van der Waals surface area contributed by atoms with E-state index in [1.807, 2.05) is 30.3 Å². The summed E-state index contributed by atoms with van der Waals surface area (Å²) in [4.78, 5) is 14.6. The van der Waals surface area contributed by atoms with Crippen LogP contribution in [0.1, 0.15) is 43.2 Å². The Morgan fingerprint density at radius 1 is 1.14 bits per heavy atom. The second kappa shape index (κ2) is 8.03. The predicted molar refractivity (Wildman–Crippen MR) is 106 cm³/mol. The second-order valence-electron chi connectivity index (χ2n) is 7.95. The highest BCUT2D eigenvalue weighted by atomic mass is 19.1. The highest BCUT2D eigenvalue weighted by Crippen LogP contribution is 2.47. The molecule has 4 rings (SSSR count). The lowest BCUT2D eigenvalue weighted by molar-refractivity contribution is -0.0906. The lowest BCUT2D eigenvalue weighted by Gasteiger charge is -2.51. The van der Waals surface area contributed by atoms with Crippen molar-refractivity contribution in [2.75, 3.05) is 7.11 Å². The van der Waals surface area contributed by atoms with Crippen LogP contribution < -0.4 is 4.74 Å². The summed E-state index contributed by atoms with van der Waals surface area (Å²) in [6, 6.07) is 13.9. The van der Waals surface area contributed by atoms with Gasteiger partial charge in [0.05, 0.1) is 12.7 Å². The second-order valence-corrected chi connectivity index (χ2v) is 7.95. The Morgan fingerprint density at radius 3 is 2.48 bits per heavy atom. The number of halogens is 1. The number of hydrogen-bond donors (Lipinski definition) is 1. The molecule has 0 aromatic heterocycles. The van der Waals surface area contributed by atoms with Crippen molar-refractivity contribution in [1.29, 1.82) is 0 Å². The molecule has 0 spiro atoms. The smallest absolute Gasteiger partial charge is 0.410 e. The predicted octanol–water partition coefficient (Wildman–Crippen LogP) is 4.38. The number of rotatable bonds is 4. The van der Waals surface area contributed by atoms with E-state index in [9.17, 15) is 14.3 Å². The van der Waals surface area contributed by atoms with E-state index in [1.165, 1.54) is 13.2 Å². The molecular weight excluding hydrogens is 373 g/mol. The molecule has 29 heavy (non-hydrogen) atoms. The first-order valence-electron chi connectivity index (χ1n) is 10.1. The van der Waals surface area contributed by atoms with E-state index >= 15 is 0 Å². The first-order valence-corrected chi connectivity index (χ1v) is 10.1. The largest absolute Gasteiger partial charge is 0.493 e. The Kier molecular flexibility index (Phi) is 5.46. The zero-order valence-corrected chi connectivity index (χ0v) is 16.5. The third-order valence-corrected chi connectivity index (χ3v) is 6.10. The highest BCUT2D eigenvalue weighted by Gasteiger charge is 2.49. The fourth-order valence-electron chi connectivity index (χ4n) is 4.82. The summed E-state index contributed by atoms with van der Waals surface area (Å²) < 4.78 is 25.0. The summed E-state index contributed by atoms with van der Waals surface area (Å²) in [5, 5.41) is 11.5. The average molecular weight is 399 g/mol. The monoisotopic (exact) mass is 399 g/mol. The van der Waals surface area contributed by atoms with E-state index in [4.69, 9.17) is 9.47 Å². The normalized spacial score (nSPS) is 26.1. The van der Waals surface area contributed by atoms with Gasteiger partial charge < -0.3 is 19.5 Å². The van der Waals surface area contributed by atoms with Crippen LogP contribution >= 0.6 is 0 Å². The van der Waals surface area contributed by atoms with Crippen molar-refractivity contribution in [3.8, 4) is 5.75 Å². The lowest BCUT2D eigenvalue weighted by Crippen LogP contribution is -2.59. The van der Waals surface area contributed by atoms with Gasteiger partial charge in [0, 0.05) is 30.5 Å². The van der Waals surface area contributed by atoms with Crippen LogP contribution in [0, 0.1) is 5.82 Å². The molecule has 2 aliphatic rings. The number of methoxy groups -OCH3 is 1. The molecule has 2 bridgehead atoms. The lowest BCUT2D eigenvalue weighted by atomic mass is 9.72. The Balaban J connectivity index is 1.53. The Labute approximate surface area is 170 Å².